The molecule has 0 unspecified atom stereocenters. The van der Waals surface area contributed by atoms with Crippen molar-refractivity contribution in [3.63, 3.8) is 0 Å². The standard InChI is InChI=1S/C9H14N4O4S/c1-4-16-7(14)10-6-11-12(3)8(18)13(6)9(15)17-5-2/h4-5H2,1-3H3,(H,10,11,14). The van der Waals surface area contributed by atoms with E-state index >= 15 is 0 Å². The van der Waals surface area contributed by atoms with Crippen molar-refractivity contribution >= 4 is 30.4 Å². The maximum atomic E-state index is 11.7. The highest BCUT2D eigenvalue weighted by Crippen LogP contribution is 2.08. The Morgan fingerprint density at radius 1 is 1.33 bits per heavy atom. The lowest BCUT2D eigenvalue weighted by Crippen LogP contribution is -2.21. The highest BCUT2D eigenvalue weighted by atomic mass is 32.1. The molecule has 0 aromatic carbocycles. The first-order valence-electron chi connectivity index (χ1n) is 5.28. The molecule has 1 heterocycles. The summed E-state index contributed by atoms with van der Waals surface area (Å²) in [7, 11) is 1.55. The summed E-state index contributed by atoms with van der Waals surface area (Å²) in [5.74, 6) is -0.0422. The first-order chi connectivity index (χ1) is 8.51. The lowest BCUT2D eigenvalue weighted by Gasteiger charge is -2.06. The second-order valence-electron chi connectivity index (χ2n) is 3.11. The van der Waals surface area contributed by atoms with Crippen LogP contribution in [0.1, 0.15) is 13.8 Å². The van der Waals surface area contributed by atoms with Gasteiger partial charge in [0.15, 0.2) is 0 Å². The van der Waals surface area contributed by atoms with E-state index in [-0.39, 0.29) is 23.9 Å². The number of anilines is 1. The molecule has 0 radical (unpaired) electrons. The number of rotatable bonds is 3. The molecule has 18 heavy (non-hydrogen) atoms. The zero-order valence-corrected chi connectivity index (χ0v) is 11.1. The van der Waals surface area contributed by atoms with Crippen LogP contribution in [0.3, 0.4) is 0 Å². The van der Waals surface area contributed by atoms with Gasteiger partial charge in [0.05, 0.1) is 13.2 Å². The van der Waals surface area contributed by atoms with Crippen LogP contribution in [-0.4, -0.2) is 39.7 Å². The van der Waals surface area contributed by atoms with Gasteiger partial charge in [-0.25, -0.2) is 14.3 Å². The third-order valence-electron chi connectivity index (χ3n) is 1.86. The summed E-state index contributed by atoms with van der Waals surface area (Å²) in [6.45, 7) is 3.72. The van der Waals surface area contributed by atoms with Crippen molar-refractivity contribution in [1.82, 2.24) is 14.3 Å². The van der Waals surface area contributed by atoms with E-state index < -0.39 is 12.2 Å². The molecule has 8 nitrogen and oxygen atoms in total. The monoisotopic (exact) mass is 274 g/mol. The molecule has 0 atom stereocenters. The first kappa shape index (κ1) is 14.2. The normalized spacial score (nSPS) is 9.94. The van der Waals surface area contributed by atoms with Crippen molar-refractivity contribution in [3.8, 4) is 0 Å². The van der Waals surface area contributed by atoms with Gasteiger partial charge in [0.25, 0.3) is 0 Å². The molecule has 0 saturated carbocycles. The molecule has 0 bridgehead atoms. The quantitative estimate of drug-likeness (QED) is 0.841. The van der Waals surface area contributed by atoms with Crippen molar-refractivity contribution < 1.29 is 19.1 Å². The Morgan fingerprint density at radius 3 is 2.50 bits per heavy atom. The highest BCUT2D eigenvalue weighted by molar-refractivity contribution is 7.71. The molecular weight excluding hydrogens is 260 g/mol. The van der Waals surface area contributed by atoms with Crippen LogP contribution >= 0.6 is 12.2 Å². The first-order valence-corrected chi connectivity index (χ1v) is 5.69. The molecule has 0 saturated heterocycles. The number of hydrogen-bond donors (Lipinski definition) is 1. The van der Waals surface area contributed by atoms with Crippen LogP contribution in [0.4, 0.5) is 15.5 Å². The Hall–Kier alpha value is -1.90. The molecular formula is C9H14N4O4S. The second kappa shape index (κ2) is 6.15. The molecule has 0 fully saturated rings. The van der Waals surface area contributed by atoms with Crippen molar-refractivity contribution in [3.05, 3.63) is 4.77 Å². The average molecular weight is 274 g/mol. The van der Waals surface area contributed by atoms with Gasteiger partial charge in [-0.1, -0.05) is 0 Å². The fraction of sp³-hybridized carbons (Fsp3) is 0.556. The summed E-state index contributed by atoms with van der Waals surface area (Å²) in [4.78, 5) is 23.0. The molecule has 1 aromatic rings. The number of carbonyl (C=O) groups excluding carboxylic acids is 2. The lowest BCUT2D eigenvalue weighted by atomic mass is 10.8. The van der Waals surface area contributed by atoms with Crippen molar-refractivity contribution in [2.24, 2.45) is 7.05 Å². The molecule has 1 amide bonds. The maximum absolute atomic E-state index is 11.7. The van der Waals surface area contributed by atoms with Gasteiger partial charge in [-0.2, -0.15) is 4.57 Å². The van der Waals surface area contributed by atoms with Gasteiger partial charge < -0.3 is 9.47 Å². The Bertz CT molecular complexity index is 507. The molecule has 9 heteroatoms. The molecule has 1 aromatic heterocycles. The summed E-state index contributed by atoms with van der Waals surface area (Å²) in [5.41, 5.74) is 0. The highest BCUT2D eigenvalue weighted by Gasteiger charge is 2.18. The average Bonchev–Trinajstić information content (AvgIpc) is 2.55. The molecule has 100 valence electrons. The summed E-state index contributed by atoms with van der Waals surface area (Å²) in [5, 5.41) is 6.21. The van der Waals surface area contributed by atoms with E-state index in [2.05, 4.69) is 10.4 Å². The minimum absolute atomic E-state index is 0.0422. The van der Waals surface area contributed by atoms with Crippen LogP contribution in [-0.2, 0) is 16.5 Å². The smallest absolute Gasteiger partial charge is 0.423 e. The van der Waals surface area contributed by atoms with Gasteiger partial charge in [-0.3, -0.25) is 5.32 Å². The summed E-state index contributed by atoms with van der Waals surface area (Å²) < 4.78 is 11.9. The summed E-state index contributed by atoms with van der Waals surface area (Å²) in [6.07, 6.45) is -1.42. The molecule has 0 aliphatic carbocycles. The lowest BCUT2D eigenvalue weighted by molar-refractivity contribution is 0.153. The zero-order chi connectivity index (χ0) is 13.7. The van der Waals surface area contributed by atoms with Crippen LogP contribution in [0.25, 0.3) is 0 Å². The van der Waals surface area contributed by atoms with Crippen molar-refractivity contribution in [2.45, 2.75) is 13.8 Å². The minimum Gasteiger partial charge on any atom is -0.450 e. The van der Waals surface area contributed by atoms with Crippen LogP contribution < -0.4 is 5.32 Å². The topological polar surface area (TPSA) is 87.4 Å². The number of nitrogens with zero attached hydrogens (tertiary/aromatic N) is 3. The van der Waals surface area contributed by atoms with E-state index in [0.29, 0.717) is 0 Å². The second-order valence-corrected chi connectivity index (χ2v) is 3.47. The fourth-order valence-corrected chi connectivity index (χ4v) is 1.36. The Kier molecular flexibility index (Phi) is 4.84. The number of aromatic nitrogens is 3. The number of carbonyl (C=O) groups is 2. The molecule has 0 aliphatic heterocycles. The van der Waals surface area contributed by atoms with Gasteiger partial charge in [0, 0.05) is 7.05 Å². The fourth-order valence-electron chi connectivity index (χ4n) is 1.16. The van der Waals surface area contributed by atoms with E-state index in [1.807, 2.05) is 0 Å². The summed E-state index contributed by atoms with van der Waals surface area (Å²) >= 11 is 4.99. The molecule has 1 N–H and O–H groups in total. The van der Waals surface area contributed by atoms with Gasteiger partial charge in [-0.15, -0.1) is 5.10 Å². The van der Waals surface area contributed by atoms with Gasteiger partial charge in [0.1, 0.15) is 0 Å². The Balaban J connectivity index is 3.04. The number of nitrogens with one attached hydrogen (secondary N) is 1. The van der Waals surface area contributed by atoms with E-state index in [9.17, 15) is 9.59 Å². The largest absolute Gasteiger partial charge is 0.450 e. The third kappa shape index (κ3) is 3.06. The zero-order valence-electron chi connectivity index (χ0n) is 10.3. The molecule has 0 aliphatic rings. The molecule has 0 spiro atoms. The maximum Gasteiger partial charge on any atom is 0.423 e. The Labute approximate surface area is 108 Å². The van der Waals surface area contributed by atoms with Gasteiger partial charge in [0.2, 0.25) is 10.7 Å². The van der Waals surface area contributed by atoms with Gasteiger partial charge >= 0.3 is 12.2 Å². The van der Waals surface area contributed by atoms with E-state index in [0.717, 1.165) is 4.57 Å². The van der Waals surface area contributed by atoms with Crippen LogP contribution in [0, 0.1) is 4.77 Å². The summed E-state index contributed by atoms with van der Waals surface area (Å²) in [6, 6.07) is 0. The van der Waals surface area contributed by atoms with Crippen molar-refractivity contribution in [1.29, 1.82) is 0 Å². The number of hydrogen-bond acceptors (Lipinski definition) is 6. The number of ether oxygens (including phenoxy) is 2. The third-order valence-corrected chi connectivity index (χ3v) is 2.31. The number of amides is 1. The van der Waals surface area contributed by atoms with Crippen LogP contribution in [0.2, 0.25) is 0 Å². The van der Waals surface area contributed by atoms with Crippen molar-refractivity contribution in [2.75, 3.05) is 18.5 Å². The van der Waals surface area contributed by atoms with E-state index in [1.165, 1.54) is 4.68 Å². The number of aryl methyl sites for hydroxylation is 1. The van der Waals surface area contributed by atoms with Crippen LogP contribution in [0.5, 0.6) is 0 Å². The van der Waals surface area contributed by atoms with E-state index in [4.69, 9.17) is 21.7 Å². The SMILES string of the molecule is CCOC(=O)Nc1nn(C)c(=S)n1C(=O)OCC. The van der Waals surface area contributed by atoms with Crippen LogP contribution in [0.15, 0.2) is 0 Å². The predicted octanol–water partition coefficient (Wildman–Crippen LogP) is 1.52. The minimum atomic E-state index is -0.719. The Morgan fingerprint density at radius 2 is 1.94 bits per heavy atom. The molecule has 1 rings (SSSR count). The van der Waals surface area contributed by atoms with Gasteiger partial charge in [-0.05, 0) is 26.1 Å². The van der Waals surface area contributed by atoms with E-state index in [1.54, 1.807) is 20.9 Å². The predicted molar refractivity (Wildman–Crippen MR) is 65.1 cm³/mol.